The molecule has 0 aromatic heterocycles. The fraction of sp³-hybridized carbons (Fsp3) is 0.160. The van der Waals surface area contributed by atoms with Crippen molar-refractivity contribution in [2.45, 2.75) is 6.61 Å². The van der Waals surface area contributed by atoms with Crippen LogP contribution in [0.3, 0.4) is 0 Å². The SMILES string of the molecule is COc1cc(C(=O)OCC(=O)c2ccc3c(c2)NC(=O)CO3)ccc1OCc1ccccc1Cl. The topological polar surface area (TPSA) is 100 Å². The number of ketones is 1. The van der Waals surface area contributed by atoms with Crippen molar-refractivity contribution < 1.29 is 33.3 Å². The first kappa shape index (κ1) is 23.1. The Morgan fingerprint density at radius 2 is 1.82 bits per heavy atom. The summed E-state index contributed by atoms with van der Waals surface area (Å²) in [6, 6.07) is 16.5. The van der Waals surface area contributed by atoms with Crippen molar-refractivity contribution in [3.63, 3.8) is 0 Å². The van der Waals surface area contributed by atoms with E-state index in [1.54, 1.807) is 24.3 Å². The molecule has 1 aliphatic heterocycles. The predicted octanol–water partition coefficient (Wildman–Crippen LogP) is 4.30. The standard InChI is InChI=1S/C25H20ClNO7/c1-31-23-11-16(7-9-22(23)32-12-17-4-2-3-5-18(17)26)25(30)34-13-20(28)15-6-8-21-19(10-15)27-24(29)14-33-21/h2-11H,12-14H2,1H3,(H,27,29). The van der Waals surface area contributed by atoms with Crippen molar-refractivity contribution in [2.75, 3.05) is 25.6 Å². The van der Waals surface area contributed by atoms with Crippen molar-refractivity contribution in [3.8, 4) is 17.2 Å². The summed E-state index contributed by atoms with van der Waals surface area (Å²) >= 11 is 6.15. The van der Waals surface area contributed by atoms with E-state index in [2.05, 4.69) is 5.32 Å². The number of carbonyl (C=O) groups is 3. The zero-order valence-corrected chi connectivity index (χ0v) is 18.9. The van der Waals surface area contributed by atoms with Crippen molar-refractivity contribution in [2.24, 2.45) is 0 Å². The molecule has 0 aliphatic carbocycles. The van der Waals surface area contributed by atoms with Crippen LogP contribution in [0, 0.1) is 0 Å². The van der Waals surface area contributed by atoms with Gasteiger partial charge in [0.05, 0.1) is 18.4 Å². The van der Waals surface area contributed by atoms with Gasteiger partial charge in [-0.2, -0.15) is 0 Å². The number of amides is 1. The van der Waals surface area contributed by atoms with Gasteiger partial charge in [-0.3, -0.25) is 9.59 Å². The summed E-state index contributed by atoms with van der Waals surface area (Å²) < 4.78 is 21.6. The van der Waals surface area contributed by atoms with E-state index in [9.17, 15) is 14.4 Å². The first-order chi connectivity index (χ1) is 16.4. The van der Waals surface area contributed by atoms with Crippen LogP contribution in [0.15, 0.2) is 60.7 Å². The minimum atomic E-state index is -0.695. The van der Waals surface area contributed by atoms with Gasteiger partial charge < -0.3 is 24.3 Å². The third-order valence-corrected chi connectivity index (χ3v) is 5.38. The molecule has 34 heavy (non-hydrogen) atoms. The van der Waals surface area contributed by atoms with Crippen LogP contribution >= 0.6 is 11.6 Å². The average molecular weight is 482 g/mol. The highest BCUT2D eigenvalue weighted by Gasteiger charge is 2.19. The van der Waals surface area contributed by atoms with E-state index in [0.29, 0.717) is 28.0 Å². The van der Waals surface area contributed by atoms with E-state index in [-0.39, 0.29) is 30.2 Å². The Bertz CT molecular complexity index is 1260. The Morgan fingerprint density at radius 1 is 1.03 bits per heavy atom. The van der Waals surface area contributed by atoms with Gasteiger partial charge in [-0.1, -0.05) is 29.8 Å². The summed E-state index contributed by atoms with van der Waals surface area (Å²) in [6.45, 7) is -0.328. The lowest BCUT2D eigenvalue weighted by Crippen LogP contribution is -2.25. The molecule has 3 aromatic carbocycles. The number of anilines is 1. The molecule has 0 bridgehead atoms. The summed E-state index contributed by atoms with van der Waals surface area (Å²) in [7, 11) is 1.45. The molecule has 0 spiro atoms. The number of esters is 1. The van der Waals surface area contributed by atoms with Gasteiger partial charge >= 0.3 is 5.97 Å². The monoisotopic (exact) mass is 481 g/mol. The number of benzene rings is 3. The molecular weight excluding hydrogens is 462 g/mol. The summed E-state index contributed by atoms with van der Waals surface area (Å²) in [5, 5.41) is 3.21. The molecule has 0 atom stereocenters. The molecule has 1 aliphatic rings. The van der Waals surface area contributed by atoms with Crippen LogP contribution < -0.4 is 19.5 Å². The van der Waals surface area contributed by atoms with E-state index in [1.165, 1.54) is 25.3 Å². The van der Waals surface area contributed by atoms with Crippen LogP contribution in [-0.2, 0) is 16.1 Å². The van der Waals surface area contributed by atoms with E-state index in [4.69, 9.17) is 30.5 Å². The molecule has 4 rings (SSSR count). The van der Waals surface area contributed by atoms with Crippen LogP contribution in [0.5, 0.6) is 17.2 Å². The number of carbonyl (C=O) groups excluding carboxylic acids is 3. The van der Waals surface area contributed by atoms with Gasteiger partial charge in [0, 0.05) is 16.1 Å². The van der Waals surface area contributed by atoms with Crippen LogP contribution in [0.25, 0.3) is 0 Å². The highest BCUT2D eigenvalue weighted by atomic mass is 35.5. The normalized spacial score (nSPS) is 12.1. The quantitative estimate of drug-likeness (QED) is 0.378. The Hall–Kier alpha value is -4.04. The highest BCUT2D eigenvalue weighted by molar-refractivity contribution is 6.31. The first-order valence-corrected chi connectivity index (χ1v) is 10.6. The number of nitrogens with one attached hydrogen (secondary N) is 1. The Kier molecular flexibility index (Phi) is 6.98. The second kappa shape index (κ2) is 10.3. The second-order valence-corrected chi connectivity index (χ2v) is 7.70. The van der Waals surface area contributed by atoms with E-state index < -0.39 is 18.4 Å². The van der Waals surface area contributed by atoms with Gasteiger partial charge in [0.25, 0.3) is 5.91 Å². The lowest BCUT2D eigenvalue weighted by Gasteiger charge is -2.18. The molecule has 0 saturated heterocycles. The summed E-state index contributed by atoms with van der Waals surface area (Å²) in [5.74, 6) is -0.206. The number of methoxy groups -OCH3 is 1. The summed E-state index contributed by atoms with van der Waals surface area (Å²) in [6.07, 6.45) is 0. The van der Waals surface area contributed by atoms with Crippen molar-refractivity contribution >= 4 is 34.9 Å². The van der Waals surface area contributed by atoms with Gasteiger partial charge in [-0.25, -0.2) is 4.79 Å². The lowest BCUT2D eigenvalue weighted by atomic mass is 10.1. The molecule has 174 valence electrons. The van der Waals surface area contributed by atoms with Gasteiger partial charge in [-0.15, -0.1) is 0 Å². The van der Waals surface area contributed by atoms with Crippen molar-refractivity contribution in [1.29, 1.82) is 0 Å². The van der Waals surface area contributed by atoms with E-state index >= 15 is 0 Å². The molecule has 0 unspecified atom stereocenters. The summed E-state index contributed by atoms with van der Waals surface area (Å²) in [5.41, 5.74) is 1.67. The number of hydrogen-bond acceptors (Lipinski definition) is 7. The molecule has 0 saturated carbocycles. The lowest BCUT2D eigenvalue weighted by molar-refractivity contribution is -0.118. The maximum atomic E-state index is 12.5. The largest absolute Gasteiger partial charge is 0.493 e. The zero-order valence-electron chi connectivity index (χ0n) is 18.1. The van der Waals surface area contributed by atoms with Crippen molar-refractivity contribution in [3.05, 3.63) is 82.4 Å². The molecule has 1 amide bonds. The Labute approximate surface area is 200 Å². The molecule has 0 fully saturated rings. The number of halogens is 1. The third-order valence-electron chi connectivity index (χ3n) is 5.01. The highest BCUT2D eigenvalue weighted by Crippen LogP contribution is 2.30. The van der Waals surface area contributed by atoms with Crippen LogP contribution in [0.1, 0.15) is 26.3 Å². The molecule has 8 nitrogen and oxygen atoms in total. The predicted molar refractivity (Wildman–Crippen MR) is 124 cm³/mol. The first-order valence-electron chi connectivity index (χ1n) is 10.3. The van der Waals surface area contributed by atoms with Gasteiger partial charge in [0.15, 0.2) is 30.5 Å². The minimum absolute atomic E-state index is 0.0782. The summed E-state index contributed by atoms with van der Waals surface area (Å²) in [4.78, 5) is 36.4. The minimum Gasteiger partial charge on any atom is -0.493 e. The Balaban J connectivity index is 1.38. The second-order valence-electron chi connectivity index (χ2n) is 7.29. The fourth-order valence-electron chi connectivity index (χ4n) is 3.24. The number of hydrogen-bond donors (Lipinski definition) is 1. The fourth-order valence-corrected chi connectivity index (χ4v) is 3.43. The molecule has 0 radical (unpaired) electrons. The van der Waals surface area contributed by atoms with Gasteiger partial charge in [0.1, 0.15) is 12.4 Å². The zero-order chi connectivity index (χ0) is 24.1. The average Bonchev–Trinajstić information content (AvgIpc) is 2.86. The smallest absolute Gasteiger partial charge is 0.338 e. The van der Waals surface area contributed by atoms with Gasteiger partial charge in [-0.05, 0) is 42.5 Å². The number of fused-ring (bicyclic) bond motifs is 1. The maximum absolute atomic E-state index is 12.5. The van der Waals surface area contributed by atoms with E-state index in [1.807, 2.05) is 18.2 Å². The maximum Gasteiger partial charge on any atom is 0.338 e. The molecule has 3 aromatic rings. The Morgan fingerprint density at radius 3 is 2.62 bits per heavy atom. The number of rotatable bonds is 8. The molecule has 9 heteroatoms. The van der Waals surface area contributed by atoms with Crippen LogP contribution in [0.2, 0.25) is 5.02 Å². The molecule has 1 N–H and O–H groups in total. The van der Waals surface area contributed by atoms with Gasteiger partial charge in [0.2, 0.25) is 0 Å². The van der Waals surface area contributed by atoms with E-state index in [0.717, 1.165) is 5.56 Å². The van der Waals surface area contributed by atoms with Crippen LogP contribution in [0.4, 0.5) is 5.69 Å². The van der Waals surface area contributed by atoms with Crippen molar-refractivity contribution in [1.82, 2.24) is 0 Å². The molecule has 1 heterocycles. The number of Topliss-reactive ketones (excluding diaryl/α,β-unsaturated/α-hetero) is 1. The van der Waals surface area contributed by atoms with Crippen LogP contribution in [-0.4, -0.2) is 38.0 Å². The third kappa shape index (κ3) is 5.29. The number of ether oxygens (including phenoxy) is 4. The molecular formula is C25H20ClNO7.